The van der Waals surface area contributed by atoms with Gasteiger partial charge in [-0.1, -0.05) is 24.3 Å². The van der Waals surface area contributed by atoms with Crippen LogP contribution in [0, 0.1) is 12.8 Å². The lowest BCUT2D eigenvalue weighted by Gasteiger charge is -2.33. The van der Waals surface area contributed by atoms with Crippen LogP contribution >= 0.6 is 0 Å². The lowest BCUT2D eigenvalue weighted by molar-refractivity contribution is -0.132. The van der Waals surface area contributed by atoms with E-state index in [0.717, 1.165) is 38.8 Å². The Balaban J connectivity index is 1.56. The van der Waals surface area contributed by atoms with Gasteiger partial charge in [0.2, 0.25) is 11.9 Å². The molecule has 0 bridgehead atoms. The molecule has 26 heavy (non-hydrogen) atoms. The van der Waals surface area contributed by atoms with Crippen molar-refractivity contribution in [3.05, 3.63) is 57.5 Å². The molecule has 0 radical (unpaired) electrons. The lowest BCUT2D eigenvalue weighted by Crippen LogP contribution is -2.41. The van der Waals surface area contributed by atoms with Gasteiger partial charge in [0.25, 0.3) is 5.56 Å². The maximum atomic E-state index is 12.6. The van der Waals surface area contributed by atoms with Crippen molar-refractivity contribution in [3.8, 4) is 0 Å². The van der Waals surface area contributed by atoms with Crippen molar-refractivity contribution in [3.63, 3.8) is 0 Å². The number of rotatable bonds is 5. The monoisotopic (exact) mass is 354 g/mol. The molecular formula is C20H26N4O2. The van der Waals surface area contributed by atoms with Gasteiger partial charge in [0, 0.05) is 19.2 Å². The number of carbonyl (C=O) groups is 1. The van der Waals surface area contributed by atoms with Crippen molar-refractivity contribution in [2.75, 3.05) is 18.8 Å². The third-order valence-corrected chi connectivity index (χ3v) is 5.10. The molecule has 138 valence electrons. The number of hydrogen-bond donors (Lipinski definition) is 2. The first-order valence-corrected chi connectivity index (χ1v) is 9.19. The summed E-state index contributed by atoms with van der Waals surface area (Å²) in [7, 11) is 0. The summed E-state index contributed by atoms with van der Waals surface area (Å²) in [6.45, 7) is 3.70. The molecule has 1 amide bonds. The number of carbonyl (C=O) groups excluding carboxylic acids is 1. The highest BCUT2D eigenvalue weighted by Crippen LogP contribution is 2.23. The van der Waals surface area contributed by atoms with E-state index in [1.165, 1.54) is 17.2 Å². The molecule has 1 aromatic heterocycles. The number of hydrogen-bond acceptors (Lipinski definition) is 4. The van der Waals surface area contributed by atoms with E-state index in [9.17, 15) is 9.59 Å². The van der Waals surface area contributed by atoms with E-state index in [1.54, 1.807) is 0 Å². The molecule has 0 aliphatic carbocycles. The van der Waals surface area contributed by atoms with Crippen LogP contribution in [0.4, 0.5) is 5.95 Å². The van der Waals surface area contributed by atoms with E-state index < -0.39 is 0 Å². The Morgan fingerprint density at radius 1 is 1.38 bits per heavy atom. The molecule has 3 N–H and O–H groups in total. The van der Waals surface area contributed by atoms with Gasteiger partial charge < -0.3 is 10.6 Å². The van der Waals surface area contributed by atoms with Crippen LogP contribution in [0.25, 0.3) is 0 Å². The number of nitrogens with two attached hydrogens (primary N) is 1. The van der Waals surface area contributed by atoms with E-state index in [1.807, 2.05) is 4.90 Å². The highest BCUT2D eigenvalue weighted by atomic mass is 16.2. The van der Waals surface area contributed by atoms with E-state index in [4.69, 9.17) is 5.73 Å². The molecule has 0 saturated carbocycles. The minimum absolute atomic E-state index is 0.0168. The molecule has 6 nitrogen and oxygen atoms in total. The Morgan fingerprint density at radius 3 is 2.96 bits per heavy atom. The number of aromatic amines is 1. The molecule has 2 heterocycles. The number of H-pyrrole nitrogens is 1. The lowest BCUT2D eigenvalue weighted by atomic mass is 9.90. The number of aryl methyl sites for hydroxylation is 2. The van der Waals surface area contributed by atoms with Gasteiger partial charge in [0.1, 0.15) is 0 Å². The normalized spacial score (nSPS) is 17.3. The van der Waals surface area contributed by atoms with Gasteiger partial charge in [0.15, 0.2) is 0 Å². The summed E-state index contributed by atoms with van der Waals surface area (Å²) < 4.78 is 0. The largest absolute Gasteiger partial charge is 0.369 e. The Hall–Kier alpha value is -2.63. The molecule has 0 spiro atoms. The van der Waals surface area contributed by atoms with Gasteiger partial charge in [-0.25, -0.2) is 4.98 Å². The smallest absolute Gasteiger partial charge is 0.252 e. The van der Waals surface area contributed by atoms with Gasteiger partial charge in [-0.15, -0.1) is 0 Å². The van der Waals surface area contributed by atoms with Crippen LogP contribution in [0.3, 0.4) is 0 Å². The SMILES string of the molecule is Cc1ccccc1CC[C@H]1CCCN(C(=O)Cc2cc(=O)[nH]c(N)n2)C1. The van der Waals surface area contributed by atoms with Gasteiger partial charge >= 0.3 is 0 Å². The van der Waals surface area contributed by atoms with Crippen LogP contribution < -0.4 is 11.3 Å². The molecule has 1 aliphatic rings. The maximum Gasteiger partial charge on any atom is 0.252 e. The first-order chi connectivity index (χ1) is 12.5. The van der Waals surface area contributed by atoms with Gasteiger partial charge in [0.05, 0.1) is 12.1 Å². The second kappa shape index (κ2) is 8.17. The Kier molecular flexibility index (Phi) is 5.71. The molecule has 1 atom stereocenters. The fourth-order valence-corrected chi connectivity index (χ4v) is 3.66. The van der Waals surface area contributed by atoms with Crippen LogP contribution in [0.5, 0.6) is 0 Å². The van der Waals surface area contributed by atoms with Crippen molar-refractivity contribution in [2.24, 2.45) is 5.92 Å². The summed E-state index contributed by atoms with van der Waals surface area (Å²) in [6.07, 6.45) is 4.44. The minimum atomic E-state index is -0.324. The molecule has 1 fully saturated rings. The number of anilines is 1. The highest BCUT2D eigenvalue weighted by Gasteiger charge is 2.24. The number of piperidine rings is 1. The van der Waals surface area contributed by atoms with Crippen LogP contribution in [0.15, 0.2) is 35.1 Å². The van der Waals surface area contributed by atoms with Gasteiger partial charge in [-0.3, -0.25) is 14.6 Å². The van der Waals surface area contributed by atoms with Crippen LogP contribution in [-0.4, -0.2) is 33.9 Å². The Labute approximate surface area is 153 Å². The number of aromatic nitrogens is 2. The summed E-state index contributed by atoms with van der Waals surface area (Å²) in [5.74, 6) is 0.586. The predicted octanol–water partition coefficient (Wildman–Crippen LogP) is 2.07. The van der Waals surface area contributed by atoms with Gasteiger partial charge in [-0.05, 0) is 49.7 Å². The van der Waals surface area contributed by atoms with Gasteiger partial charge in [-0.2, -0.15) is 0 Å². The fraction of sp³-hybridized carbons (Fsp3) is 0.450. The summed E-state index contributed by atoms with van der Waals surface area (Å²) in [6, 6.07) is 9.82. The first-order valence-electron chi connectivity index (χ1n) is 9.19. The van der Waals surface area contributed by atoms with Crippen LogP contribution in [-0.2, 0) is 17.6 Å². The topological polar surface area (TPSA) is 92.1 Å². The second-order valence-electron chi connectivity index (χ2n) is 7.11. The molecular weight excluding hydrogens is 328 g/mol. The van der Waals surface area contributed by atoms with Crippen LogP contribution in [0.1, 0.15) is 36.1 Å². The number of nitrogens with one attached hydrogen (secondary N) is 1. The zero-order chi connectivity index (χ0) is 18.5. The van der Waals surface area contributed by atoms with Crippen molar-refractivity contribution >= 4 is 11.9 Å². The molecule has 0 unspecified atom stereocenters. The highest BCUT2D eigenvalue weighted by molar-refractivity contribution is 5.78. The Bertz CT molecular complexity index is 831. The number of nitrogen functional groups attached to an aromatic ring is 1. The quantitative estimate of drug-likeness (QED) is 0.860. The number of nitrogens with zero attached hydrogens (tertiary/aromatic N) is 2. The van der Waals surface area contributed by atoms with Crippen molar-refractivity contribution in [1.29, 1.82) is 0 Å². The molecule has 3 rings (SSSR count). The van der Waals surface area contributed by atoms with Crippen molar-refractivity contribution in [1.82, 2.24) is 14.9 Å². The standard InChI is InChI=1S/C20H26N4O2/c1-14-5-2-3-7-16(14)9-8-15-6-4-10-24(13-15)19(26)12-17-11-18(25)23-20(21)22-17/h2-3,5,7,11,15H,4,6,8-10,12-13H2,1H3,(H3,21,22,23,25)/t15-/m1/s1. The number of likely N-dealkylation sites (tertiary alicyclic amines) is 1. The average Bonchev–Trinajstić information content (AvgIpc) is 2.60. The summed E-state index contributed by atoms with van der Waals surface area (Å²) >= 11 is 0. The number of benzene rings is 1. The summed E-state index contributed by atoms with van der Waals surface area (Å²) in [5.41, 5.74) is 8.37. The zero-order valence-electron chi connectivity index (χ0n) is 15.2. The minimum Gasteiger partial charge on any atom is -0.369 e. The molecule has 1 saturated heterocycles. The second-order valence-corrected chi connectivity index (χ2v) is 7.11. The number of amides is 1. The predicted molar refractivity (Wildman–Crippen MR) is 102 cm³/mol. The van der Waals surface area contributed by atoms with E-state index in [0.29, 0.717) is 11.6 Å². The maximum absolute atomic E-state index is 12.6. The third-order valence-electron chi connectivity index (χ3n) is 5.10. The van der Waals surface area contributed by atoms with E-state index >= 15 is 0 Å². The van der Waals surface area contributed by atoms with Crippen molar-refractivity contribution in [2.45, 2.75) is 39.0 Å². The van der Waals surface area contributed by atoms with Crippen LogP contribution in [0.2, 0.25) is 0 Å². The Morgan fingerprint density at radius 2 is 2.19 bits per heavy atom. The van der Waals surface area contributed by atoms with E-state index in [-0.39, 0.29) is 23.8 Å². The molecule has 1 aromatic carbocycles. The molecule has 1 aliphatic heterocycles. The molecule has 2 aromatic rings. The first kappa shape index (κ1) is 18.2. The molecule has 6 heteroatoms. The fourth-order valence-electron chi connectivity index (χ4n) is 3.66. The summed E-state index contributed by atoms with van der Waals surface area (Å²) in [5, 5.41) is 0. The zero-order valence-corrected chi connectivity index (χ0v) is 15.2. The average molecular weight is 354 g/mol. The van der Waals surface area contributed by atoms with E-state index in [2.05, 4.69) is 41.2 Å². The third kappa shape index (κ3) is 4.71. The van der Waals surface area contributed by atoms with Crippen molar-refractivity contribution < 1.29 is 4.79 Å². The summed E-state index contributed by atoms with van der Waals surface area (Å²) in [4.78, 5) is 32.4.